The minimum Gasteiger partial charge on any atom is -0.310 e. The van der Waals surface area contributed by atoms with Crippen molar-refractivity contribution in [1.29, 1.82) is 0 Å². The monoisotopic (exact) mass is 356 g/mol. The van der Waals surface area contributed by atoms with Crippen molar-refractivity contribution >= 4 is 23.6 Å². The van der Waals surface area contributed by atoms with Gasteiger partial charge in [-0.25, -0.2) is 14.7 Å². The summed E-state index contributed by atoms with van der Waals surface area (Å²) in [5.41, 5.74) is 1.59. The fraction of sp³-hybridized carbons (Fsp3) is 0.412. The zero-order valence-electron chi connectivity index (χ0n) is 14.8. The number of nitrogens with zero attached hydrogens (tertiary/aromatic N) is 5. The summed E-state index contributed by atoms with van der Waals surface area (Å²) in [7, 11) is 3.12. The number of carbonyl (C=O) groups excluding carboxylic acids is 3. The molecule has 0 radical (unpaired) electrons. The fourth-order valence-corrected chi connectivity index (χ4v) is 3.73. The fourth-order valence-electron chi connectivity index (χ4n) is 3.73. The first kappa shape index (κ1) is 16.7. The first-order valence-corrected chi connectivity index (χ1v) is 8.39. The highest BCUT2D eigenvalue weighted by atomic mass is 16.2. The van der Waals surface area contributed by atoms with Gasteiger partial charge in [0.25, 0.3) is 5.91 Å². The highest BCUT2D eigenvalue weighted by Gasteiger charge is 2.56. The third-order valence-electron chi connectivity index (χ3n) is 5.10. The van der Waals surface area contributed by atoms with Crippen molar-refractivity contribution in [2.24, 2.45) is 5.10 Å². The number of carbonyl (C=O) groups is 3. The largest absolute Gasteiger partial charge is 0.327 e. The van der Waals surface area contributed by atoms with Crippen LogP contribution in [0.2, 0.25) is 0 Å². The van der Waals surface area contributed by atoms with Gasteiger partial charge in [0, 0.05) is 27.6 Å². The number of amides is 4. The molecule has 3 aliphatic rings. The van der Waals surface area contributed by atoms with Crippen LogP contribution in [0, 0.1) is 0 Å². The molecule has 1 aromatic rings. The van der Waals surface area contributed by atoms with Gasteiger partial charge in [0.15, 0.2) is 6.29 Å². The van der Waals surface area contributed by atoms with Gasteiger partial charge >= 0.3 is 6.03 Å². The van der Waals surface area contributed by atoms with Crippen molar-refractivity contribution in [2.45, 2.75) is 25.4 Å². The van der Waals surface area contributed by atoms with Gasteiger partial charge in [0.05, 0.1) is 5.71 Å². The molecule has 2 saturated heterocycles. The number of fused-ring (bicyclic) bond motifs is 3. The maximum Gasteiger partial charge on any atom is 0.327 e. The normalized spacial score (nSPS) is 28.8. The zero-order chi connectivity index (χ0) is 18.6. The van der Waals surface area contributed by atoms with Gasteiger partial charge < -0.3 is 4.90 Å². The van der Waals surface area contributed by atoms with Crippen molar-refractivity contribution in [2.75, 3.05) is 20.6 Å². The molecular weight excluding hydrogens is 336 g/mol. The van der Waals surface area contributed by atoms with E-state index in [2.05, 4.69) is 10.4 Å². The number of hydrogen-bond donors (Lipinski definition) is 1. The first-order chi connectivity index (χ1) is 12.4. The van der Waals surface area contributed by atoms with Crippen LogP contribution in [0.1, 0.15) is 12.5 Å². The van der Waals surface area contributed by atoms with Gasteiger partial charge in [-0.2, -0.15) is 5.10 Å². The van der Waals surface area contributed by atoms with E-state index in [-0.39, 0.29) is 17.8 Å². The van der Waals surface area contributed by atoms with Crippen LogP contribution in [0.5, 0.6) is 0 Å². The van der Waals surface area contributed by atoms with Crippen molar-refractivity contribution in [3.05, 3.63) is 35.9 Å². The van der Waals surface area contributed by atoms with Gasteiger partial charge in [-0.3, -0.25) is 19.8 Å². The summed E-state index contributed by atoms with van der Waals surface area (Å²) in [6.45, 7) is 1.83. The topological polar surface area (TPSA) is 88.6 Å². The summed E-state index contributed by atoms with van der Waals surface area (Å²) >= 11 is 0. The van der Waals surface area contributed by atoms with Gasteiger partial charge in [-0.15, -0.1) is 0 Å². The molecular formula is C17H20N6O3. The van der Waals surface area contributed by atoms with Gasteiger partial charge in [0.1, 0.15) is 12.2 Å². The third-order valence-corrected chi connectivity index (χ3v) is 5.10. The van der Waals surface area contributed by atoms with E-state index in [1.807, 2.05) is 35.2 Å². The molecule has 3 unspecified atom stereocenters. The number of likely N-dealkylation sites (N-methyl/N-ethyl adjacent to an activating group) is 2. The van der Waals surface area contributed by atoms with E-state index in [9.17, 15) is 14.4 Å². The standard InChI is InChI=1S/C17H20N6O3/c1-10(24)23-16-18-14-13(15(25)21(3)17(26)20(14)2)22(16)9-12(19-23)11-7-5-4-6-8-11/h4-8,13-14,16,18H,9H2,1-3H3. The minimum absolute atomic E-state index is 0.242. The van der Waals surface area contributed by atoms with E-state index < -0.39 is 18.5 Å². The van der Waals surface area contributed by atoms with Crippen LogP contribution in [-0.4, -0.2) is 82.4 Å². The Kier molecular flexibility index (Phi) is 3.78. The van der Waals surface area contributed by atoms with Crippen molar-refractivity contribution in [3.63, 3.8) is 0 Å². The molecule has 9 nitrogen and oxygen atoms in total. The molecule has 1 aromatic carbocycles. The van der Waals surface area contributed by atoms with Crippen LogP contribution >= 0.6 is 0 Å². The van der Waals surface area contributed by atoms with E-state index in [1.165, 1.54) is 23.9 Å². The van der Waals surface area contributed by atoms with Gasteiger partial charge in [-0.05, 0) is 5.56 Å². The average molecular weight is 356 g/mol. The van der Waals surface area contributed by atoms with E-state index in [0.29, 0.717) is 12.3 Å². The second-order valence-corrected chi connectivity index (χ2v) is 6.67. The van der Waals surface area contributed by atoms with E-state index in [0.717, 1.165) is 10.5 Å². The van der Waals surface area contributed by atoms with Gasteiger partial charge in [-0.1, -0.05) is 30.3 Å². The molecule has 0 saturated carbocycles. The number of nitrogens with one attached hydrogen (secondary N) is 1. The SMILES string of the molecule is CC(=O)N1N=C(c2ccccc2)CN2C3C(=O)N(C)C(=O)N(C)C3NC12. The number of benzene rings is 1. The molecule has 2 fully saturated rings. The molecule has 3 heterocycles. The third kappa shape index (κ3) is 2.31. The molecule has 4 amide bonds. The van der Waals surface area contributed by atoms with E-state index in [4.69, 9.17) is 0 Å². The number of hydrazone groups is 1. The summed E-state index contributed by atoms with van der Waals surface area (Å²) in [6.07, 6.45) is -1.08. The molecule has 0 spiro atoms. The summed E-state index contributed by atoms with van der Waals surface area (Å²) in [4.78, 5) is 41.7. The molecule has 136 valence electrons. The highest BCUT2D eigenvalue weighted by Crippen LogP contribution is 2.30. The number of hydrogen-bond acceptors (Lipinski definition) is 6. The van der Waals surface area contributed by atoms with E-state index in [1.54, 1.807) is 7.05 Å². The van der Waals surface area contributed by atoms with Crippen LogP contribution < -0.4 is 5.32 Å². The van der Waals surface area contributed by atoms with Crippen LogP contribution in [0.4, 0.5) is 4.79 Å². The Morgan fingerprint density at radius 1 is 1.19 bits per heavy atom. The van der Waals surface area contributed by atoms with Crippen LogP contribution in [0.25, 0.3) is 0 Å². The predicted octanol–water partition coefficient (Wildman–Crippen LogP) is -0.340. The lowest BCUT2D eigenvalue weighted by molar-refractivity contribution is -0.142. The van der Waals surface area contributed by atoms with Crippen LogP contribution in [0.15, 0.2) is 35.4 Å². The Balaban J connectivity index is 1.75. The Hall–Kier alpha value is -2.78. The van der Waals surface area contributed by atoms with Crippen molar-refractivity contribution in [3.8, 4) is 0 Å². The molecule has 9 heteroatoms. The summed E-state index contributed by atoms with van der Waals surface area (Å²) in [6, 6.07) is 8.60. The maximum atomic E-state index is 12.8. The summed E-state index contributed by atoms with van der Waals surface area (Å²) < 4.78 is 0. The second kappa shape index (κ2) is 5.89. The molecule has 0 aromatic heterocycles. The molecule has 1 N–H and O–H groups in total. The zero-order valence-corrected chi connectivity index (χ0v) is 14.8. The Morgan fingerprint density at radius 3 is 2.54 bits per heavy atom. The average Bonchev–Trinajstić information content (AvgIpc) is 3.04. The van der Waals surface area contributed by atoms with Crippen LogP contribution in [-0.2, 0) is 9.59 Å². The second-order valence-electron chi connectivity index (χ2n) is 6.67. The Labute approximate surface area is 150 Å². The highest BCUT2D eigenvalue weighted by molar-refractivity contribution is 6.04. The lowest BCUT2D eigenvalue weighted by atomic mass is 10.1. The number of urea groups is 1. The predicted molar refractivity (Wildman–Crippen MR) is 92.6 cm³/mol. The minimum atomic E-state index is -0.580. The molecule has 0 bridgehead atoms. The quantitative estimate of drug-likeness (QED) is 0.744. The lowest BCUT2D eigenvalue weighted by Crippen LogP contribution is -2.65. The maximum absolute atomic E-state index is 12.8. The molecule has 3 atom stereocenters. The Bertz CT molecular complexity index is 810. The smallest absolute Gasteiger partial charge is 0.310 e. The van der Waals surface area contributed by atoms with E-state index >= 15 is 0 Å². The molecule has 3 aliphatic heterocycles. The Morgan fingerprint density at radius 2 is 1.88 bits per heavy atom. The van der Waals surface area contributed by atoms with Crippen molar-refractivity contribution in [1.82, 2.24) is 25.0 Å². The van der Waals surface area contributed by atoms with Crippen molar-refractivity contribution < 1.29 is 14.4 Å². The first-order valence-electron chi connectivity index (χ1n) is 8.39. The molecule has 4 rings (SSSR count). The number of imide groups is 1. The lowest BCUT2D eigenvalue weighted by Gasteiger charge is -2.41. The molecule has 0 aliphatic carbocycles. The molecule has 26 heavy (non-hydrogen) atoms. The number of rotatable bonds is 1. The summed E-state index contributed by atoms with van der Waals surface area (Å²) in [5, 5.41) is 9.06. The summed E-state index contributed by atoms with van der Waals surface area (Å²) in [5.74, 6) is -0.528. The van der Waals surface area contributed by atoms with Crippen LogP contribution in [0.3, 0.4) is 0 Å². The van der Waals surface area contributed by atoms with Gasteiger partial charge in [0.2, 0.25) is 5.91 Å².